The van der Waals surface area contributed by atoms with Crippen molar-refractivity contribution in [3.63, 3.8) is 0 Å². The van der Waals surface area contributed by atoms with Crippen LogP contribution in [-0.2, 0) is 26.1 Å². The third kappa shape index (κ3) is 4.93. The van der Waals surface area contributed by atoms with Crippen LogP contribution in [0.15, 0.2) is 32.3 Å². The first-order chi connectivity index (χ1) is 14.2. The Labute approximate surface area is 176 Å². The molecule has 0 saturated carbocycles. The molecule has 166 valence electrons. The summed E-state index contributed by atoms with van der Waals surface area (Å²) in [5.41, 5.74) is 0.526. The first-order valence-electron chi connectivity index (χ1n) is 10.1. The normalized spacial score (nSPS) is 20.5. The van der Waals surface area contributed by atoms with Crippen molar-refractivity contribution in [1.82, 2.24) is 14.2 Å². The van der Waals surface area contributed by atoms with Gasteiger partial charge in [0.15, 0.2) is 5.58 Å². The van der Waals surface area contributed by atoms with E-state index in [-0.39, 0.29) is 34.8 Å². The van der Waals surface area contributed by atoms with Gasteiger partial charge in [-0.2, -0.15) is 4.31 Å². The number of carbonyl (C=O) groups is 1. The molecule has 0 spiro atoms. The van der Waals surface area contributed by atoms with Gasteiger partial charge in [0.2, 0.25) is 15.9 Å². The number of fused-ring (bicyclic) bond motifs is 1. The second-order valence-electron chi connectivity index (χ2n) is 8.05. The number of oxazole rings is 1. The standard InChI is InChI=1S/C20H29N3O6S/c1-14-9-15(2)12-22(11-14)30(26,27)16-5-6-17-18(10-16)29-20(25)23(17)13-19(24)21-7-4-8-28-3/h5-6,10,14-15H,4,7-9,11-13H2,1-3H3,(H,21,24)/t14-,15+. The summed E-state index contributed by atoms with van der Waals surface area (Å²) in [6, 6.07) is 4.34. The average Bonchev–Trinajstić information content (AvgIpc) is 2.99. The van der Waals surface area contributed by atoms with Crippen molar-refractivity contribution in [1.29, 1.82) is 0 Å². The van der Waals surface area contributed by atoms with E-state index in [1.807, 2.05) is 13.8 Å². The summed E-state index contributed by atoms with van der Waals surface area (Å²) in [6.45, 7) is 5.79. The molecule has 1 aromatic heterocycles. The number of ether oxygens (including phenoxy) is 1. The van der Waals surface area contributed by atoms with E-state index in [4.69, 9.17) is 9.15 Å². The van der Waals surface area contributed by atoms with E-state index in [1.165, 1.54) is 27.1 Å². The Hall–Kier alpha value is -2.17. The van der Waals surface area contributed by atoms with E-state index in [2.05, 4.69) is 5.32 Å². The van der Waals surface area contributed by atoms with E-state index >= 15 is 0 Å². The molecule has 1 fully saturated rings. The molecule has 2 atom stereocenters. The van der Waals surface area contributed by atoms with Crippen LogP contribution in [0, 0.1) is 11.8 Å². The maximum atomic E-state index is 13.1. The molecule has 0 bridgehead atoms. The Bertz CT molecular complexity index is 1050. The number of piperidine rings is 1. The van der Waals surface area contributed by atoms with Crippen LogP contribution in [0.4, 0.5) is 0 Å². The second kappa shape index (κ2) is 9.32. The third-order valence-corrected chi connectivity index (χ3v) is 7.09. The molecule has 1 aliphatic heterocycles. The minimum atomic E-state index is -3.69. The number of aromatic nitrogens is 1. The van der Waals surface area contributed by atoms with Gasteiger partial charge in [-0.3, -0.25) is 9.36 Å². The topological polar surface area (TPSA) is 111 Å². The third-order valence-electron chi connectivity index (χ3n) is 5.26. The molecule has 1 amide bonds. The van der Waals surface area contributed by atoms with Crippen molar-refractivity contribution in [3.05, 3.63) is 28.7 Å². The van der Waals surface area contributed by atoms with Crippen molar-refractivity contribution in [2.24, 2.45) is 11.8 Å². The Balaban J connectivity index is 1.81. The monoisotopic (exact) mass is 439 g/mol. The van der Waals surface area contributed by atoms with Gasteiger partial charge in [0.05, 0.1) is 10.4 Å². The quantitative estimate of drug-likeness (QED) is 0.623. The molecule has 0 aliphatic carbocycles. The van der Waals surface area contributed by atoms with Gasteiger partial charge in [-0.15, -0.1) is 0 Å². The van der Waals surface area contributed by atoms with E-state index in [0.717, 1.165) is 6.42 Å². The fourth-order valence-electron chi connectivity index (χ4n) is 3.95. The Kier molecular flexibility index (Phi) is 6.99. The highest BCUT2D eigenvalue weighted by molar-refractivity contribution is 7.89. The molecule has 0 radical (unpaired) electrons. The van der Waals surface area contributed by atoms with Crippen molar-refractivity contribution in [2.75, 3.05) is 33.4 Å². The molecule has 3 rings (SSSR count). The van der Waals surface area contributed by atoms with Gasteiger partial charge in [0.1, 0.15) is 6.54 Å². The number of carbonyl (C=O) groups excluding carboxylic acids is 1. The largest absolute Gasteiger partial charge is 0.420 e. The fourth-order valence-corrected chi connectivity index (χ4v) is 5.65. The van der Waals surface area contributed by atoms with Crippen LogP contribution in [0.5, 0.6) is 0 Å². The van der Waals surface area contributed by atoms with Crippen LogP contribution in [0.1, 0.15) is 26.7 Å². The van der Waals surface area contributed by atoms with E-state index < -0.39 is 15.8 Å². The molecule has 1 aromatic carbocycles. The Morgan fingerprint density at radius 2 is 1.97 bits per heavy atom. The molecule has 1 N–H and O–H groups in total. The predicted molar refractivity (Wildman–Crippen MR) is 112 cm³/mol. The number of methoxy groups -OCH3 is 1. The van der Waals surface area contributed by atoms with E-state index in [9.17, 15) is 18.0 Å². The zero-order chi connectivity index (χ0) is 21.9. The summed E-state index contributed by atoms with van der Waals surface area (Å²) in [5, 5.41) is 2.71. The zero-order valence-electron chi connectivity index (χ0n) is 17.6. The lowest BCUT2D eigenvalue weighted by atomic mass is 9.94. The predicted octanol–water partition coefficient (Wildman–Crippen LogP) is 1.41. The molecule has 9 nitrogen and oxygen atoms in total. The highest BCUT2D eigenvalue weighted by atomic mass is 32.2. The lowest BCUT2D eigenvalue weighted by molar-refractivity contribution is -0.121. The van der Waals surface area contributed by atoms with Crippen molar-refractivity contribution in [2.45, 2.75) is 38.1 Å². The van der Waals surface area contributed by atoms with Crippen LogP contribution >= 0.6 is 0 Å². The van der Waals surface area contributed by atoms with Crippen molar-refractivity contribution in [3.8, 4) is 0 Å². The summed E-state index contributed by atoms with van der Waals surface area (Å²) >= 11 is 0. The second-order valence-corrected chi connectivity index (χ2v) is 9.99. The molecular formula is C20H29N3O6S. The molecule has 1 aliphatic rings. The number of benzene rings is 1. The first-order valence-corrected chi connectivity index (χ1v) is 11.6. The smallest absolute Gasteiger partial charge is 0.408 e. The summed E-state index contributed by atoms with van der Waals surface area (Å²) in [6.07, 6.45) is 1.66. The van der Waals surface area contributed by atoms with Crippen LogP contribution < -0.4 is 11.1 Å². The highest BCUT2D eigenvalue weighted by Gasteiger charge is 2.32. The van der Waals surface area contributed by atoms with Gasteiger partial charge in [0, 0.05) is 39.4 Å². The fraction of sp³-hybridized carbons (Fsp3) is 0.600. The average molecular weight is 440 g/mol. The molecule has 1 saturated heterocycles. The minimum Gasteiger partial charge on any atom is -0.408 e. The number of nitrogens with one attached hydrogen (secondary N) is 1. The summed E-state index contributed by atoms with van der Waals surface area (Å²) in [5.74, 6) is -0.460. The number of nitrogens with zero attached hydrogens (tertiary/aromatic N) is 2. The van der Waals surface area contributed by atoms with Gasteiger partial charge >= 0.3 is 5.76 Å². The van der Waals surface area contributed by atoms with Gasteiger partial charge in [-0.05, 0) is 36.8 Å². The zero-order valence-corrected chi connectivity index (χ0v) is 18.4. The number of hydrogen-bond acceptors (Lipinski definition) is 6. The molecule has 2 aromatic rings. The Morgan fingerprint density at radius 3 is 2.63 bits per heavy atom. The van der Waals surface area contributed by atoms with Crippen LogP contribution in [0.25, 0.3) is 11.1 Å². The highest BCUT2D eigenvalue weighted by Crippen LogP contribution is 2.28. The summed E-state index contributed by atoms with van der Waals surface area (Å²) < 4.78 is 39.0. The maximum absolute atomic E-state index is 13.1. The SMILES string of the molecule is COCCCNC(=O)Cn1c(=O)oc2cc(S(=O)(=O)N3C[C@H](C)C[C@H](C)C3)ccc21. The van der Waals surface area contributed by atoms with Gasteiger partial charge < -0.3 is 14.5 Å². The van der Waals surface area contributed by atoms with E-state index in [1.54, 1.807) is 7.11 Å². The van der Waals surface area contributed by atoms with Crippen molar-refractivity contribution < 1.29 is 22.4 Å². The summed E-state index contributed by atoms with van der Waals surface area (Å²) in [4.78, 5) is 24.4. The number of amides is 1. The maximum Gasteiger partial charge on any atom is 0.420 e. The van der Waals surface area contributed by atoms with Crippen LogP contribution in [-0.4, -0.2) is 56.5 Å². The molecular weight excluding hydrogens is 410 g/mol. The number of hydrogen-bond donors (Lipinski definition) is 1. The van der Waals surface area contributed by atoms with Gasteiger partial charge in [0.25, 0.3) is 0 Å². The van der Waals surface area contributed by atoms with Crippen molar-refractivity contribution >= 4 is 27.0 Å². The number of rotatable bonds is 8. The van der Waals surface area contributed by atoms with Gasteiger partial charge in [-0.25, -0.2) is 13.2 Å². The summed E-state index contributed by atoms with van der Waals surface area (Å²) in [7, 11) is -2.11. The Morgan fingerprint density at radius 1 is 1.27 bits per heavy atom. The lowest BCUT2D eigenvalue weighted by Gasteiger charge is -2.34. The van der Waals surface area contributed by atoms with E-state index in [0.29, 0.717) is 38.2 Å². The van der Waals surface area contributed by atoms with Crippen LogP contribution in [0.2, 0.25) is 0 Å². The molecule has 30 heavy (non-hydrogen) atoms. The molecule has 10 heteroatoms. The first kappa shape index (κ1) is 22.5. The van der Waals surface area contributed by atoms with Crippen LogP contribution in [0.3, 0.4) is 0 Å². The number of sulfonamides is 1. The lowest BCUT2D eigenvalue weighted by Crippen LogP contribution is -2.42. The molecule has 2 heterocycles. The van der Waals surface area contributed by atoms with Gasteiger partial charge in [-0.1, -0.05) is 13.8 Å². The minimum absolute atomic E-state index is 0.0845. The molecule has 0 unspecified atom stereocenters.